The number of nitrogens with zero attached hydrogens (tertiary/aromatic N) is 1. The molecular weight excluding hydrogens is 334 g/mol. The number of fused-ring (bicyclic) bond motifs is 1. The standard InChI is InChI=1S/C24H21NO2/c1-16-9-11-22-20(13-16)19(17-7-5-4-6-8-17)15-23(25-22)21-14-18(26-2)10-12-24(21)27-3/h4-15H,1-3H3. The number of hydrogen-bond donors (Lipinski definition) is 0. The highest BCUT2D eigenvalue weighted by Gasteiger charge is 2.14. The Labute approximate surface area is 159 Å². The van der Waals surface area contributed by atoms with Gasteiger partial charge in [0.15, 0.2) is 0 Å². The van der Waals surface area contributed by atoms with E-state index in [2.05, 4.69) is 55.5 Å². The summed E-state index contributed by atoms with van der Waals surface area (Å²) in [5.41, 5.74) is 6.27. The summed E-state index contributed by atoms with van der Waals surface area (Å²) in [5, 5.41) is 1.15. The van der Waals surface area contributed by atoms with E-state index >= 15 is 0 Å². The van der Waals surface area contributed by atoms with E-state index in [1.165, 1.54) is 11.1 Å². The minimum atomic E-state index is 0.772. The summed E-state index contributed by atoms with van der Waals surface area (Å²) in [6.07, 6.45) is 0. The van der Waals surface area contributed by atoms with Gasteiger partial charge in [0.05, 0.1) is 25.4 Å². The van der Waals surface area contributed by atoms with Crippen molar-refractivity contribution >= 4 is 10.9 Å². The molecule has 3 aromatic carbocycles. The maximum atomic E-state index is 5.58. The van der Waals surface area contributed by atoms with Gasteiger partial charge < -0.3 is 9.47 Å². The van der Waals surface area contributed by atoms with Gasteiger partial charge in [0.2, 0.25) is 0 Å². The van der Waals surface area contributed by atoms with E-state index in [0.29, 0.717) is 0 Å². The van der Waals surface area contributed by atoms with E-state index < -0.39 is 0 Å². The van der Waals surface area contributed by atoms with Gasteiger partial charge >= 0.3 is 0 Å². The van der Waals surface area contributed by atoms with E-state index in [1.54, 1.807) is 14.2 Å². The fourth-order valence-electron chi connectivity index (χ4n) is 3.35. The third kappa shape index (κ3) is 3.24. The van der Waals surface area contributed by atoms with Gasteiger partial charge in [-0.1, -0.05) is 42.0 Å². The highest BCUT2D eigenvalue weighted by atomic mass is 16.5. The average molecular weight is 355 g/mol. The normalized spacial score (nSPS) is 10.8. The van der Waals surface area contributed by atoms with Crippen molar-refractivity contribution in [3.05, 3.63) is 78.4 Å². The minimum Gasteiger partial charge on any atom is -0.497 e. The minimum absolute atomic E-state index is 0.772. The van der Waals surface area contributed by atoms with Crippen molar-refractivity contribution in [2.24, 2.45) is 0 Å². The van der Waals surface area contributed by atoms with Gasteiger partial charge in [-0.15, -0.1) is 0 Å². The maximum Gasteiger partial charge on any atom is 0.128 e. The molecule has 0 saturated heterocycles. The molecule has 4 aromatic rings. The Morgan fingerprint density at radius 1 is 0.741 bits per heavy atom. The van der Waals surface area contributed by atoms with Crippen LogP contribution in [-0.2, 0) is 0 Å². The molecule has 4 rings (SSSR count). The van der Waals surface area contributed by atoms with Crippen molar-refractivity contribution in [2.75, 3.05) is 14.2 Å². The first-order chi connectivity index (χ1) is 13.2. The topological polar surface area (TPSA) is 31.4 Å². The number of pyridine rings is 1. The Hall–Kier alpha value is -3.33. The lowest BCUT2D eigenvalue weighted by atomic mass is 9.97. The second-order valence-electron chi connectivity index (χ2n) is 6.51. The molecule has 0 saturated carbocycles. The zero-order chi connectivity index (χ0) is 18.8. The first kappa shape index (κ1) is 17.1. The molecule has 1 heterocycles. The van der Waals surface area contributed by atoms with Crippen LogP contribution in [-0.4, -0.2) is 19.2 Å². The van der Waals surface area contributed by atoms with Gasteiger partial charge in [0.25, 0.3) is 0 Å². The molecule has 0 fully saturated rings. The molecule has 0 unspecified atom stereocenters. The van der Waals surface area contributed by atoms with E-state index in [1.807, 2.05) is 24.3 Å². The molecule has 1 aromatic heterocycles. The van der Waals surface area contributed by atoms with Crippen molar-refractivity contribution in [3.8, 4) is 33.9 Å². The zero-order valence-electron chi connectivity index (χ0n) is 15.7. The van der Waals surface area contributed by atoms with Crippen molar-refractivity contribution in [2.45, 2.75) is 6.92 Å². The predicted octanol–water partition coefficient (Wildman–Crippen LogP) is 5.89. The first-order valence-electron chi connectivity index (χ1n) is 8.89. The lowest BCUT2D eigenvalue weighted by Gasteiger charge is -2.14. The fourth-order valence-corrected chi connectivity index (χ4v) is 3.35. The zero-order valence-corrected chi connectivity index (χ0v) is 15.7. The Bertz CT molecular complexity index is 1100. The van der Waals surface area contributed by atoms with E-state index in [4.69, 9.17) is 14.5 Å². The lowest BCUT2D eigenvalue weighted by molar-refractivity contribution is 0.404. The lowest BCUT2D eigenvalue weighted by Crippen LogP contribution is -1.94. The summed E-state index contributed by atoms with van der Waals surface area (Å²) in [6, 6.07) is 24.7. The van der Waals surface area contributed by atoms with Crippen LogP contribution in [0.2, 0.25) is 0 Å². The van der Waals surface area contributed by atoms with Crippen molar-refractivity contribution < 1.29 is 9.47 Å². The number of aryl methyl sites for hydroxylation is 1. The van der Waals surface area contributed by atoms with E-state index in [9.17, 15) is 0 Å². The molecule has 27 heavy (non-hydrogen) atoms. The number of rotatable bonds is 4. The summed E-state index contributed by atoms with van der Waals surface area (Å²) in [5.74, 6) is 1.55. The molecule has 0 aliphatic carbocycles. The summed E-state index contributed by atoms with van der Waals surface area (Å²) >= 11 is 0. The largest absolute Gasteiger partial charge is 0.497 e. The van der Waals surface area contributed by atoms with Gasteiger partial charge in [-0.05, 0) is 54.4 Å². The third-order valence-corrected chi connectivity index (χ3v) is 4.73. The van der Waals surface area contributed by atoms with Crippen LogP contribution in [0, 0.1) is 6.92 Å². The molecule has 0 amide bonds. The van der Waals surface area contributed by atoms with Crippen LogP contribution in [0.1, 0.15) is 5.56 Å². The van der Waals surface area contributed by atoms with Crippen LogP contribution in [0.4, 0.5) is 0 Å². The van der Waals surface area contributed by atoms with Gasteiger partial charge in [-0.25, -0.2) is 4.98 Å². The van der Waals surface area contributed by atoms with Crippen molar-refractivity contribution in [3.63, 3.8) is 0 Å². The molecule has 0 aliphatic heterocycles. The summed E-state index contributed by atoms with van der Waals surface area (Å²) in [6.45, 7) is 2.10. The molecule has 0 bridgehead atoms. The Balaban J connectivity index is 2.02. The molecule has 0 radical (unpaired) electrons. The Morgan fingerprint density at radius 2 is 1.56 bits per heavy atom. The average Bonchev–Trinajstić information content (AvgIpc) is 2.73. The van der Waals surface area contributed by atoms with E-state index in [0.717, 1.165) is 39.2 Å². The fraction of sp³-hybridized carbons (Fsp3) is 0.125. The number of hydrogen-bond acceptors (Lipinski definition) is 3. The molecule has 3 nitrogen and oxygen atoms in total. The van der Waals surface area contributed by atoms with Crippen LogP contribution in [0.25, 0.3) is 33.3 Å². The number of aromatic nitrogens is 1. The summed E-state index contributed by atoms with van der Waals surface area (Å²) < 4.78 is 11.0. The SMILES string of the molecule is COc1ccc(OC)c(-c2cc(-c3ccccc3)c3cc(C)ccc3n2)c1. The molecule has 134 valence electrons. The number of ether oxygens (including phenoxy) is 2. The van der Waals surface area contributed by atoms with Crippen LogP contribution < -0.4 is 9.47 Å². The molecule has 0 aliphatic rings. The second-order valence-corrected chi connectivity index (χ2v) is 6.51. The smallest absolute Gasteiger partial charge is 0.128 e. The van der Waals surface area contributed by atoms with Gasteiger partial charge in [0, 0.05) is 10.9 Å². The second kappa shape index (κ2) is 7.12. The number of methoxy groups -OCH3 is 2. The van der Waals surface area contributed by atoms with Crippen LogP contribution in [0.3, 0.4) is 0 Å². The number of benzene rings is 3. The predicted molar refractivity (Wildman–Crippen MR) is 110 cm³/mol. The summed E-state index contributed by atoms with van der Waals surface area (Å²) in [4.78, 5) is 4.92. The monoisotopic (exact) mass is 355 g/mol. The van der Waals surface area contributed by atoms with Crippen LogP contribution in [0.15, 0.2) is 72.8 Å². The quantitative estimate of drug-likeness (QED) is 0.457. The Morgan fingerprint density at radius 3 is 2.30 bits per heavy atom. The maximum absolute atomic E-state index is 5.58. The highest BCUT2D eigenvalue weighted by molar-refractivity contribution is 5.97. The Kier molecular flexibility index (Phi) is 4.51. The third-order valence-electron chi connectivity index (χ3n) is 4.73. The molecule has 0 spiro atoms. The van der Waals surface area contributed by atoms with E-state index in [-0.39, 0.29) is 0 Å². The summed E-state index contributed by atoms with van der Waals surface area (Å²) in [7, 11) is 3.34. The highest BCUT2D eigenvalue weighted by Crippen LogP contribution is 2.37. The van der Waals surface area contributed by atoms with Crippen molar-refractivity contribution in [1.29, 1.82) is 0 Å². The molecular formula is C24H21NO2. The van der Waals surface area contributed by atoms with Gasteiger partial charge in [-0.3, -0.25) is 0 Å². The van der Waals surface area contributed by atoms with Gasteiger partial charge in [-0.2, -0.15) is 0 Å². The van der Waals surface area contributed by atoms with Gasteiger partial charge in [0.1, 0.15) is 11.5 Å². The van der Waals surface area contributed by atoms with Crippen molar-refractivity contribution in [1.82, 2.24) is 4.98 Å². The first-order valence-corrected chi connectivity index (χ1v) is 8.89. The molecule has 0 atom stereocenters. The van der Waals surface area contributed by atoms with Crippen LogP contribution >= 0.6 is 0 Å². The van der Waals surface area contributed by atoms with Crippen LogP contribution in [0.5, 0.6) is 11.5 Å². The molecule has 3 heteroatoms. The molecule has 0 N–H and O–H groups in total.